The first kappa shape index (κ1) is 18.1. The summed E-state index contributed by atoms with van der Waals surface area (Å²) < 4.78 is 6.99. The first-order valence-electron chi connectivity index (χ1n) is 10.4. The van der Waals surface area contributed by atoms with Gasteiger partial charge in [0.1, 0.15) is 0 Å². The average molecular weight is 391 g/mol. The molecule has 1 atom stereocenters. The number of carbonyl (C=O) groups excluding carboxylic acids is 1. The van der Waals surface area contributed by atoms with Gasteiger partial charge in [-0.25, -0.2) is 0 Å². The molecule has 1 fully saturated rings. The lowest BCUT2D eigenvalue weighted by molar-refractivity contribution is 0.0934. The Morgan fingerprint density at radius 2 is 2.17 bits per heavy atom. The fraction of sp³-hybridized carbons (Fsp3) is 0.455. The van der Waals surface area contributed by atoms with Crippen molar-refractivity contribution in [3.05, 3.63) is 52.7 Å². The monoisotopic (exact) mass is 391 g/mol. The van der Waals surface area contributed by atoms with Crippen LogP contribution in [0, 0.1) is 0 Å². The van der Waals surface area contributed by atoms with Crippen LogP contribution in [0.2, 0.25) is 0 Å². The van der Waals surface area contributed by atoms with E-state index in [0.717, 1.165) is 48.9 Å². The van der Waals surface area contributed by atoms with E-state index in [1.807, 2.05) is 26.2 Å². The summed E-state index contributed by atoms with van der Waals surface area (Å²) in [6.45, 7) is 1.99. The van der Waals surface area contributed by atoms with E-state index in [1.165, 1.54) is 17.5 Å². The standard InChI is InChI=1S/C22H25N5O2/c1-3-19-24-21(26-29-19)15-7-9-16-14(11-15)8-10-18(16)23-22(28)17-12-27(2)25-20(17)13-5-4-6-13/h7,9,11-13,18H,3-6,8,10H2,1-2H3,(H,23,28)/t18-/m1/s1. The summed E-state index contributed by atoms with van der Waals surface area (Å²) in [6, 6.07) is 6.24. The normalized spacial score (nSPS) is 18.5. The number of nitrogens with one attached hydrogen (secondary N) is 1. The van der Waals surface area contributed by atoms with Crippen molar-refractivity contribution in [1.29, 1.82) is 0 Å². The number of fused-ring (bicyclic) bond motifs is 1. The number of aromatic nitrogens is 4. The predicted molar refractivity (Wildman–Crippen MR) is 107 cm³/mol. The maximum absolute atomic E-state index is 13.0. The molecule has 7 heteroatoms. The molecule has 1 amide bonds. The Bertz CT molecular complexity index is 1060. The number of benzene rings is 1. The van der Waals surface area contributed by atoms with Crippen LogP contribution in [0.15, 0.2) is 28.9 Å². The number of nitrogens with zero attached hydrogens (tertiary/aromatic N) is 4. The molecule has 0 saturated heterocycles. The molecular weight excluding hydrogens is 366 g/mol. The van der Waals surface area contributed by atoms with Gasteiger partial charge in [0.15, 0.2) is 0 Å². The third kappa shape index (κ3) is 3.24. The minimum Gasteiger partial charge on any atom is -0.345 e. The molecule has 150 valence electrons. The molecule has 5 rings (SSSR count). The maximum Gasteiger partial charge on any atom is 0.255 e. The van der Waals surface area contributed by atoms with Crippen molar-refractivity contribution in [3.8, 4) is 11.4 Å². The van der Waals surface area contributed by atoms with E-state index in [0.29, 0.717) is 17.6 Å². The van der Waals surface area contributed by atoms with Crippen molar-refractivity contribution in [2.45, 2.75) is 57.4 Å². The van der Waals surface area contributed by atoms with Gasteiger partial charge in [-0.3, -0.25) is 9.48 Å². The van der Waals surface area contributed by atoms with Crippen LogP contribution in [0.3, 0.4) is 0 Å². The van der Waals surface area contributed by atoms with Gasteiger partial charge in [-0.2, -0.15) is 10.1 Å². The summed E-state index contributed by atoms with van der Waals surface area (Å²) in [5.74, 6) is 1.67. The Labute approximate surface area is 169 Å². The molecule has 1 aromatic carbocycles. The van der Waals surface area contributed by atoms with Crippen LogP contribution in [-0.4, -0.2) is 25.8 Å². The Morgan fingerprint density at radius 1 is 1.31 bits per heavy atom. The second kappa shape index (κ2) is 7.13. The number of amides is 1. The second-order valence-corrected chi connectivity index (χ2v) is 8.07. The third-order valence-corrected chi connectivity index (χ3v) is 6.15. The summed E-state index contributed by atoms with van der Waals surface area (Å²) in [5.41, 5.74) is 5.05. The molecule has 0 aliphatic heterocycles. The number of hydrogen-bond acceptors (Lipinski definition) is 5. The van der Waals surface area contributed by atoms with E-state index in [-0.39, 0.29) is 11.9 Å². The van der Waals surface area contributed by atoms with Gasteiger partial charge in [0.2, 0.25) is 11.7 Å². The van der Waals surface area contributed by atoms with Crippen LogP contribution in [0.1, 0.15) is 77.6 Å². The lowest BCUT2D eigenvalue weighted by atomic mass is 9.81. The highest BCUT2D eigenvalue weighted by molar-refractivity contribution is 5.95. The van der Waals surface area contributed by atoms with Gasteiger partial charge in [0, 0.05) is 31.1 Å². The molecule has 29 heavy (non-hydrogen) atoms. The highest BCUT2D eigenvalue weighted by Gasteiger charge is 2.30. The van der Waals surface area contributed by atoms with E-state index in [2.05, 4.69) is 32.7 Å². The lowest BCUT2D eigenvalue weighted by Crippen LogP contribution is -2.28. The van der Waals surface area contributed by atoms with Crippen LogP contribution in [-0.2, 0) is 19.9 Å². The molecule has 2 aliphatic rings. The predicted octanol–water partition coefficient (Wildman–Crippen LogP) is 3.72. The molecule has 2 aliphatic carbocycles. The van der Waals surface area contributed by atoms with Crippen molar-refractivity contribution in [1.82, 2.24) is 25.2 Å². The van der Waals surface area contributed by atoms with Gasteiger partial charge in [-0.1, -0.05) is 30.6 Å². The fourth-order valence-electron chi connectivity index (χ4n) is 4.32. The van der Waals surface area contributed by atoms with Crippen molar-refractivity contribution in [2.24, 2.45) is 7.05 Å². The van der Waals surface area contributed by atoms with Crippen LogP contribution in [0.5, 0.6) is 0 Å². The zero-order valence-corrected chi connectivity index (χ0v) is 16.8. The molecule has 2 aromatic heterocycles. The first-order chi connectivity index (χ1) is 14.1. The SMILES string of the molecule is CCc1nc(-c2ccc3c(c2)CC[C@H]3NC(=O)c2cn(C)nc2C2CCC2)no1. The molecule has 0 bridgehead atoms. The number of carbonyl (C=O) groups is 1. The van der Waals surface area contributed by atoms with Gasteiger partial charge in [0.25, 0.3) is 5.91 Å². The summed E-state index contributed by atoms with van der Waals surface area (Å²) in [6.07, 6.45) is 7.88. The Balaban J connectivity index is 1.35. The molecule has 0 radical (unpaired) electrons. The molecule has 2 heterocycles. The Hall–Kier alpha value is -2.96. The van der Waals surface area contributed by atoms with Gasteiger partial charge < -0.3 is 9.84 Å². The summed E-state index contributed by atoms with van der Waals surface area (Å²) >= 11 is 0. The van der Waals surface area contributed by atoms with E-state index in [9.17, 15) is 4.79 Å². The zero-order valence-electron chi connectivity index (χ0n) is 16.8. The average Bonchev–Trinajstić information content (AvgIpc) is 3.39. The van der Waals surface area contributed by atoms with Crippen molar-refractivity contribution in [3.63, 3.8) is 0 Å². The molecule has 0 unspecified atom stereocenters. The maximum atomic E-state index is 13.0. The quantitative estimate of drug-likeness (QED) is 0.716. The number of aryl methyl sites for hydroxylation is 3. The van der Waals surface area contributed by atoms with E-state index in [4.69, 9.17) is 4.52 Å². The highest BCUT2D eigenvalue weighted by atomic mass is 16.5. The number of hydrogen-bond donors (Lipinski definition) is 1. The number of rotatable bonds is 5. The molecule has 1 saturated carbocycles. The highest BCUT2D eigenvalue weighted by Crippen LogP contribution is 2.38. The van der Waals surface area contributed by atoms with E-state index >= 15 is 0 Å². The molecule has 3 aromatic rings. The van der Waals surface area contributed by atoms with Crippen molar-refractivity contribution in [2.75, 3.05) is 0 Å². The van der Waals surface area contributed by atoms with Gasteiger partial charge in [0.05, 0.1) is 17.3 Å². The minimum atomic E-state index is -0.0207. The summed E-state index contributed by atoms with van der Waals surface area (Å²) in [5, 5.41) is 11.9. The molecule has 1 N–H and O–H groups in total. The van der Waals surface area contributed by atoms with Crippen molar-refractivity contribution < 1.29 is 9.32 Å². The van der Waals surface area contributed by atoms with Gasteiger partial charge in [-0.05, 0) is 42.9 Å². The molecule has 0 spiro atoms. The van der Waals surface area contributed by atoms with Crippen LogP contribution in [0.25, 0.3) is 11.4 Å². The Kier molecular flexibility index (Phi) is 4.45. The first-order valence-corrected chi connectivity index (χ1v) is 10.4. The second-order valence-electron chi connectivity index (χ2n) is 8.07. The largest absolute Gasteiger partial charge is 0.345 e. The summed E-state index contributed by atoms with van der Waals surface area (Å²) in [4.78, 5) is 17.4. The molecule has 7 nitrogen and oxygen atoms in total. The lowest BCUT2D eigenvalue weighted by Gasteiger charge is -2.24. The van der Waals surface area contributed by atoms with Gasteiger partial charge >= 0.3 is 0 Å². The Morgan fingerprint density at radius 3 is 2.90 bits per heavy atom. The van der Waals surface area contributed by atoms with Crippen LogP contribution < -0.4 is 5.32 Å². The van der Waals surface area contributed by atoms with Crippen molar-refractivity contribution >= 4 is 5.91 Å². The fourth-order valence-corrected chi connectivity index (χ4v) is 4.32. The smallest absolute Gasteiger partial charge is 0.255 e. The van der Waals surface area contributed by atoms with E-state index < -0.39 is 0 Å². The zero-order chi connectivity index (χ0) is 20.0. The third-order valence-electron chi connectivity index (χ3n) is 6.15. The topological polar surface area (TPSA) is 85.8 Å². The summed E-state index contributed by atoms with van der Waals surface area (Å²) in [7, 11) is 1.88. The van der Waals surface area contributed by atoms with Gasteiger partial charge in [-0.15, -0.1) is 0 Å². The van der Waals surface area contributed by atoms with Crippen LogP contribution >= 0.6 is 0 Å². The molecular formula is C22H25N5O2. The van der Waals surface area contributed by atoms with Crippen LogP contribution in [0.4, 0.5) is 0 Å². The van der Waals surface area contributed by atoms with E-state index in [1.54, 1.807) is 4.68 Å². The minimum absolute atomic E-state index is 0.0207.